The maximum atomic E-state index is 11.2. The number of amides is 1. The van der Waals surface area contributed by atoms with Gasteiger partial charge < -0.3 is 16.4 Å². The standard InChI is InChI=1S/C10H13N7O/c11-7(18)5-1-2-17(4-5)9-6-3-13-16-8(6)14-10(12)15-9/h3,5H,1-2,4H2,(H2,11,18)(H3,12,13,14,15,16). The van der Waals surface area contributed by atoms with E-state index in [1.165, 1.54) is 0 Å². The Hall–Kier alpha value is -2.38. The quantitative estimate of drug-likeness (QED) is 0.640. The highest BCUT2D eigenvalue weighted by molar-refractivity contribution is 5.88. The van der Waals surface area contributed by atoms with Crippen molar-refractivity contribution in [2.75, 3.05) is 23.7 Å². The van der Waals surface area contributed by atoms with Crippen LogP contribution >= 0.6 is 0 Å². The van der Waals surface area contributed by atoms with Crippen LogP contribution in [0.1, 0.15) is 6.42 Å². The molecule has 3 heterocycles. The summed E-state index contributed by atoms with van der Waals surface area (Å²) in [5.41, 5.74) is 11.6. The third-order valence-corrected chi connectivity index (χ3v) is 3.20. The molecule has 0 spiro atoms. The number of nitrogens with two attached hydrogens (primary N) is 2. The fraction of sp³-hybridized carbons (Fsp3) is 0.400. The number of hydrogen-bond acceptors (Lipinski definition) is 6. The fourth-order valence-electron chi connectivity index (χ4n) is 2.26. The van der Waals surface area contributed by atoms with Gasteiger partial charge in [0.25, 0.3) is 0 Å². The average Bonchev–Trinajstić information content (AvgIpc) is 2.95. The SMILES string of the molecule is NC(=O)C1CCN(c2nc(N)nc3[nH]ncc23)C1. The van der Waals surface area contributed by atoms with E-state index < -0.39 is 0 Å². The van der Waals surface area contributed by atoms with Gasteiger partial charge in [-0.2, -0.15) is 15.1 Å². The van der Waals surface area contributed by atoms with Crippen molar-refractivity contribution in [2.24, 2.45) is 11.7 Å². The first kappa shape index (κ1) is 10.8. The van der Waals surface area contributed by atoms with E-state index in [2.05, 4.69) is 20.2 Å². The lowest BCUT2D eigenvalue weighted by atomic mass is 10.1. The average molecular weight is 247 g/mol. The number of carbonyl (C=O) groups is 1. The second-order valence-electron chi connectivity index (χ2n) is 4.37. The number of carbonyl (C=O) groups excluding carboxylic acids is 1. The molecule has 1 aliphatic rings. The maximum Gasteiger partial charge on any atom is 0.224 e. The number of fused-ring (bicyclic) bond motifs is 1. The normalized spacial score (nSPS) is 19.6. The molecule has 1 aliphatic heterocycles. The van der Waals surface area contributed by atoms with Crippen molar-refractivity contribution >= 4 is 28.7 Å². The van der Waals surface area contributed by atoms with Gasteiger partial charge in [-0.3, -0.25) is 9.89 Å². The number of nitrogens with zero attached hydrogens (tertiary/aromatic N) is 4. The predicted molar refractivity (Wildman–Crippen MR) is 65.6 cm³/mol. The highest BCUT2D eigenvalue weighted by atomic mass is 16.1. The van der Waals surface area contributed by atoms with Crippen LogP contribution in [0.4, 0.5) is 11.8 Å². The number of H-pyrrole nitrogens is 1. The predicted octanol–water partition coefficient (Wildman–Crippen LogP) is -0.753. The van der Waals surface area contributed by atoms with Crippen LogP contribution < -0.4 is 16.4 Å². The summed E-state index contributed by atoms with van der Waals surface area (Å²) in [4.78, 5) is 21.5. The molecule has 5 N–H and O–H groups in total. The van der Waals surface area contributed by atoms with E-state index in [0.717, 1.165) is 18.4 Å². The summed E-state index contributed by atoms with van der Waals surface area (Å²) in [6, 6.07) is 0. The van der Waals surface area contributed by atoms with Gasteiger partial charge in [0.2, 0.25) is 11.9 Å². The molecule has 0 radical (unpaired) electrons. The molecular weight excluding hydrogens is 234 g/mol. The van der Waals surface area contributed by atoms with Crippen LogP contribution in [0, 0.1) is 5.92 Å². The fourth-order valence-corrected chi connectivity index (χ4v) is 2.26. The molecule has 8 nitrogen and oxygen atoms in total. The Labute approximate surface area is 102 Å². The summed E-state index contributed by atoms with van der Waals surface area (Å²) < 4.78 is 0. The van der Waals surface area contributed by atoms with Gasteiger partial charge >= 0.3 is 0 Å². The number of hydrogen-bond donors (Lipinski definition) is 3. The maximum absolute atomic E-state index is 11.2. The van der Waals surface area contributed by atoms with Crippen LogP contribution in [0.15, 0.2) is 6.20 Å². The zero-order valence-corrected chi connectivity index (χ0v) is 9.63. The zero-order chi connectivity index (χ0) is 12.7. The molecule has 0 aromatic carbocycles. The van der Waals surface area contributed by atoms with Crippen molar-refractivity contribution < 1.29 is 4.79 Å². The Morgan fingerprint density at radius 1 is 1.50 bits per heavy atom. The summed E-state index contributed by atoms with van der Waals surface area (Å²) >= 11 is 0. The van der Waals surface area contributed by atoms with E-state index in [9.17, 15) is 4.79 Å². The minimum Gasteiger partial charge on any atom is -0.369 e. The summed E-state index contributed by atoms with van der Waals surface area (Å²) in [6.07, 6.45) is 2.39. The third kappa shape index (κ3) is 1.62. The second-order valence-corrected chi connectivity index (χ2v) is 4.37. The van der Waals surface area contributed by atoms with Gasteiger partial charge in [0, 0.05) is 13.1 Å². The number of nitrogen functional groups attached to an aromatic ring is 1. The van der Waals surface area contributed by atoms with E-state index in [-0.39, 0.29) is 17.8 Å². The van der Waals surface area contributed by atoms with Crippen LogP contribution in [0.2, 0.25) is 0 Å². The molecule has 0 aliphatic carbocycles. The summed E-state index contributed by atoms with van der Waals surface area (Å²) in [6.45, 7) is 1.29. The van der Waals surface area contributed by atoms with Crippen molar-refractivity contribution in [1.29, 1.82) is 0 Å². The first-order valence-electron chi connectivity index (χ1n) is 5.66. The van der Waals surface area contributed by atoms with Gasteiger partial charge in [-0.15, -0.1) is 0 Å². The van der Waals surface area contributed by atoms with E-state index in [1.54, 1.807) is 6.20 Å². The molecule has 0 bridgehead atoms. The molecule has 1 unspecified atom stereocenters. The molecule has 94 valence electrons. The Kier molecular flexibility index (Phi) is 2.29. The molecule has 1 saturated heterocycles. The van der Waals surface area contributed by atoms with Gasteiger partial charge in [-0.25, -0.2) is 0 Å². The van der Waals surface area contributed by atoms with Crippen LogP contribution in [0.5, 0.6) is 0 Å². The summed E-state index contributed by atoms with van der Waals surface area (Å²) in [7, 11) is 0. The van der Waals surface area contributed by atoms with E-state index in [0.29, 0.717) is 18.0 Å². The lowest BCUT2D eigenvalue weighted by Crippen LogP contribution is -2.28. The number of aromatic nitrogens is 4. The molecule has 0 saturated carbocycles. The van der Waals surface area contributed by atoms with Gasteiger partial charge in [-0.1, -0.05) is 0 Å². The highest BCUT2D eigenvalue weighted by Gasteiger charge is 2.28. The van der Waals surface area contributed by atoms with Crippen LogP contribution in [0.25, 0.3) is 11.0 Å². The zero-order valence-electron chi connectivity index (χ0n) is 9.63. The minimum absolute atomic E-state index is 0.136. The number of anilines is 2. The smallest absolute Gasteiger partial charge is 0.224 e. The monoisotopic (exact) mass is 247 g/mol. The van der Waals surface area contributed by atoms with Gasteiger partial charge in [0.05, 0.1) is 17.5 Å². The lowest BCUT2D eigenvalue weighted by Gasteiger charge is -2.17. The van der Waals surface area contributed by atoms with Gasteiger partial charge in [-0.05, 0) is 6.42 Å². The van der Waals surface area contributed by atoms with Crippen molar-refractivity contribution in [3.05, 3.63) is 6.20 Å². The van der Waals surface area contributed by atoms with Crippen molar-refractivity contribution in [3.63, 3.8) is 0 Å². The number of aromatic amines is 1. The number of primary amides is 1. The first-order chi connectivity index (χ1) is 8.65. The van der Waals surface area contributed by atoms with Gasteiger partial charge in [0.1, 0.15) is 5.82 Å². The third-order valence-electron chi connectivity index (χ3n) is 3.20. The van der Waals surface area contributed by atoms with E-state index in [4.69, 9.17) is 11.5 Å². The topological polar surface area (TPSA) is 127 Å². The van der Waals surface area contributed by atoms with Crippen LogP contribution in [-0.2, 0) is 4.79 Å². The molecule has 18 heavy (non-hydrogen) atoms. The minimum atomic E-state index is -0.275. The highest BCUT2D eigenvalue weighted by Crippen LogP contribution is 2.28. The molecule has 3 rings (SSSR count). The van der Waals surface area contributed by atoms with Crippen LogP contribution in [-0.4, -0.2) is 39.2 Å². The molecule has 2 aromatic heterocycles. The molecular formula is C10H13N7O. The summed E-state index contributed by atoms with van der Waals surface area (Å²) in [5, 5.41) is 7.49. The summed E-state index contributed by atoms with van der Waals surface area (Å²) in [5.74, 6) is 0.477. The molecule has 1 fully saturated rings. The Bertz CT molecular complexity index is 607. The lowest BCUT2D eigenvalue weighted by molar-refractivity contribution is -0.121. The molecule has 1 amide bonds. The van der Waals surface area contributed by atoms with Crippen molar-refractivity contribution in [3.8, 4) is 0 Å². The van der Waals surface area contributed by atoms with E-state index >= 15 is 0 Å². The Morgan fingerprint density at radius 2 is 2.33 bits per heavy atom. The second kappa shape index (κ2) is 3.83. The number of rotatable bonds is 2. The Morgan fingerprint density at radius 3 is 3.06 bits per heavy atom. The number of nitrogens with one attached hydrogen (secondary N) is 1. The molecule has 2 aromatic rings. The first-order valence-corrected chi connectivity index (χ1v) is 5.66. The van der Waals surface area contributed by atoms with Crippen molar-refractivity contribution in [1.82, 2.24) is 20.2 Å². The van der Waals surface area contributed by atoms with Gasteiger partial charge in [0.15, 0.2) is 5.65 Å². The molecule has 8 heteroatoms. The van der Waals surface area contributed by atoms with Crippen molar-refractivity contribution in [2.45, 2.75) is 6.42 Å². The molecule has 1 atom stereocenters. The van der Waals surface area contributed by atoms with Crippen LogP contribution in [0.3, 0.4) is 0 Å². The largest absolute Gasteiger partial charge is 0.369 e. The van der Waals surface area contributed by atoms with E-state index in [1.807, 2.05) is 4.90 Å². The Balaban J connectivity index is 1.99.